The zero-order valence-electron chi connectivity index (χ0n) is 13.2. The second-order valence-electron chi connectivity index (χ2n) is 6.57. The topological polar surface area (TPSA) is 84.1 Å². The Balaban J connectivity index is 1.62. The Morgan fingerprint density at radius 1 is 1.21 bits per heavy atom. The summed E-state index contributed by atoms with van der Waals surface area (Å²) in [6, 6.07) is 10.5. The van der Waals surface area contributed by atoms with Crippen molar-refractivity contribution in [1.29, 1.82) is 0 Å². The van der Waals surface area contributed by atoms with Crippen LogP contribution in [-0.2, 0) is 0 Å². The number of ether oxygens (including phenoxy) is 1. The molecule has 4 rings (SSSR count). The number of aromatic amines is 1. The highest BCUT2D eigenvalue weighted by Gasteiger charge is 2.43. The molecule has 1 atom stereocenters. The number of nitrogens with one attached hydrogen (secondary N) is 2. The van der Waals surface area contributed by atoms with Crippen LogP contribution in [0.25, 0.3) is 0 Å². The van der Waals surface area contributed by atoms with Crippen LogP contribution in [0.4, 0.5) is 0 Å². The van der Waals surface area contributed by atoms with Gasteiger partial charge in [0.05, 0.1) is 6.04 Å². The smallest absolute Gasteiger partial charge is 0.272 e. The number of fused-ring (bicyclic) bond motifs is 1. The van der Waals surface area contributed by atoms with Gasteiger partial charge >= 0.3 is 0 Å². The molecule has 0 radical (unpaired) electrons. The summed E-state index contributed by atoms with van der Waals surface area (Å²) in [5, 5.41) is 9.16. The number of aromatic nitrogens is 2. The number of hydrogen-bond acceptors (Lipinski definition) is 4. The number of H-pyrrole nitrogens is 1. The Bertz CT molecular complexity index is 804. The Morgan fingerprint density at radius 2 is 2.00 bits per heavy atom. The van der Waals surface area contributed by atoms with E-state index in [-0.39, 0.29) is 28.8 Å². The Morgan fingerprint density at radius 3 is 2.75 bits per heavy atom. The maximum Gasteiger partial charge on any atom is 0.272 e. The highest BCUT2D eigenvalue weighted by molar-refractivity contribution is 5.92. The van der Waals surface area contributed by atoms with Gasteiger partial charge in [-0.3, -0.25) is 9.59 Å². The SMILES string of the molecule is O=C(N[C@@H]1CC2(CCCC2)Oc2ccccc21)c1ccc(=O)[nH]n1. The summed E-state index contributed by atoms with van der Waals surface area (Å²) in [7, 11) is 0. The van der Waals surface area contributed by atoms with Crippen LogP contribution in [0.5, 0.6) is 5.75 Å². The van der Waals surface area contributed by atoms with Crippen LogP contribution in [0.15, 0.2) is 41.2 Å². The van der Waals surface area contributed by atoms with Crippen LogP contribution in [0, 0.1) is 0 Å². The molecule has 1 spiro atoms. The summed E-state index contributed by atoms with van der Waals surface area (Å²) in [5.41, 5.74) is 0.699. The highest BCUT2D eigenvalue weighted by atomic mass is 16.5. The van der Waals surface area contributed by atoms with Crippen molar-refractivity contribution in [1.82, 2.24) is 15.5 Å². The zero-order chi connectivity index (χ0) is 16.6. The molecule has 2 aliphatic rings. The van der Waals surface area contributed by atoms with Gasteiger partial charge < -0.3 is 10.1 Å². The van der Waals surface area contributed by atoms with E-state index < -0.39 is 0 Å². The molecule has 2 heterocycles. The molecule has 1 aromatic carbocycles. The number of benzene rings is 1. The lowest BCUT2D eigenvalue weighted by Crippen LogP contribution is -2.43. The van der Waals surface area contributed by atoms with Gasteiger partial charge in [0, 0.05) is 18.1 Å². The molecule has 1 aliphatic carbocycles. The number of para-hydroxylation sites is 1. The average Bonchev–Trinajstić information content (AvgIpc) is 3.03. The molecule has 1 amide bonds. The lowest BCUT2D eigenvalue weighted by molar-refractivity contribution is 0.0360. The van der Waals surface area contributed by atoms with E-state index in [1.807, 2.05) is 24.3 Å². The van der Waals surface area contributed by atoms with Gasteiger partial charge in [0.2, 0.25) is 0 Å². The van der Waals surface area contributed by atoms with Gasteiger partial charge in [0.15, 0.2) is 0 Å². The third kappa shape index (κ3) is 2.68. The molecule has 24 heavy (non-hydrogen) atoms. The number of amides is 1. The first kappa shape index (κ1) is 14.9. The van der Waals surface area contributed by atoms with Gasteiger partial charge in [-0.15, -0.1) is 0 Å². The van der Waals surface area contributed by atoms with Gasteiger partial charge in [-0.05, 0) is 37.8 Å². The Labute approximate surface area is 139 Å². The maximum absolute atomic E-state index is 12.5. The van der Waals surface area contributed by atoms with Crippen LogP contribution in [-0.4, -0.2) is 21.7 Å². The van der Waals surface area contributed by atoms with E-state index in [0.29, 0.717) is 0 Å². The normalized spacial score (nSPS) is 21.1. The molecule has 0 unspecified atom stereocenters. The summed E-state index contributed by atoms with van der Waals surface area (Å²) >= 11 is 0. The van der Waals surface area contributed by atoms with E-state index in [1.54, 1.807) is 0 Å². The summed E-state index contributed by atoms with van der Waals surface area (Å²) in [4.78, 5) is 23.6. The molecule has 1 saturated carbocycles. The van der Waals surface area contributed by atoms with Gasteiger partial charge in [-0.25, -0.2) is 5.10 Å². The molecule has 2 aromatic rings. The van der Waals surface area contributed by atoms with Gasteiger partial charge in [0.25, 0.3) is 11.5 Å². The van der Waals surface area contributed by atoms with Crippen molar-refractivity contribution in [2.75, 3.05) is 0 Å². The van der Waals surface area contributed by atoms with Crippen molar-refractivity contribution in [3.8, 4) is 5.75 Å². The lowest BCUT2D eigenvalue weighted by atomic mass is 9.86. The van der Waals surface area contributed by atoms with Crippen molar-refractivity contribution >= 4 is 5.91 Å². The average molecular weight is 325 g/mol. The van der Waals surface area contributed by atoms with E-state index in [0.717, 1.165) is 43.4 Å². The molecule has 1 aliphatic heterocycles. The largest absolute Gasteiger partial charge is 0.487 e. The molecule has 6 nitrogen and oxygen atoms in total. The standard InChI is InChI=1S/C18H19N3O3/c22-16-8-7-13(20-21-16)17(23)19-14-11-18(9-3-4-10-18)24-15-6-2-1-5-12(14)15/h1-2,5-8,14H,3-4,9-11H2,(H,19,23)(H,21,22)/t14-/m1/s1. The van der Waals surface area contributed by atoms with Crippen LogP contribution < -0.4 is 15.6 Å². The van der Waals surface area contributed by atoms with Crippen molar-refractivity contribution < 1.29 is 9.53 Å². The van der Waals surface area contributed by atoms with Crippen LogP contribution in [0.3, 0.4) is 0 Å². The third-order valence-electron chi connectivity index (χ3n) is 4.93. The minimum atomic E-state index is -0.326. The fraction of sp³-hybridized carbons (Fsp3) is 0.389. The molecular weight excluding hydrogens is 306 g/mol. The van der Waals surface area contributed by atoms with Crippen molar-refractivity contribution in [2.45, 2.75) is 43.7 Å². The van der Waals surface area contributed by atoms with Gasteiger partial charge in [-0.1, -0.05) is 18.2 Å². The second kappa shape index (κ2) is 5.78. The zero-order valence-corrected chi connectivity index (χ0v) is 13.2. The third-order valence-corrected chi connectivity index (χ3v) is 4.93. The first-order valence-corrected chi connectivity index (χ1v) is 8.30. The van der Waals surface area contributed by atoms with E-state index in [1.165, 1.54) is 12.1 Å². The monoisotopic (exact) mass is 325 g/mol. The number of nitrogens with zero attached hydrogens (tertiary/aromatic N) is 1. The molecule has 1 aromatic heterocycles. The number of hydrogen-bond donors (Lipinski definition) is 2. The number of rotatable bonds is 2. The molecule has 2 N–H and O–H groups in total. The van der Waals surface area contributed by atoms with Crippen LogP contribution in [0.2, 0.25) is 0 Å². The summed E-state index contributed by atoms with van der Waals surface area (Å²) in [6.07, 6.45) is 5.11. The second-order valence-corrected chi connectivity index (χ2v) is 6.57. The maximum atomic E-state index is 12.5. The van der Waals surface area contributed by atoms with E-state index >= 15 is 0 Å². The summed E-state index contributed by atoms with van der Waals surface area (Å²) in [5.74, 6) is 0.562. The van der Waals surface area contributed by atoms with Crippen LogP contribution >= 0.6 is 0 Å². The lowest BCUT2D eigenvalue weighted by Gasteiger charge is -2.40. The van der Waals surface area contributed by atoms with Crippen molar-refractivity contribution in [3.63, 3.8) is 0 Å². The first-order chi connectivity index (χ1) is 11.7. The van der Waals surface area contributed by atoms with E-state index in [2.05, 4.69) is 15.5 Å². The predicted molar refractivity (Wildman–Crippen MR) is 88.0 cm³/mol. The van der Waals surface area contributed by atoms with Gasteiger partial charge in [-0.2, -0.15) is 5.10 Å². The minimum Gasteiger partial charge on any atom is -0.487 e. The minimum absolute atomic E-state index is 0.116. The Kier molecular flexibility index (Phi) is 3.59. The molecule has 0 bridgehead atoms. The molecule has 6 heteroatoms. The van der Waals surface area contributed by atoms with Crippen molar-refractivity contribution in [3.05, 3.63) is 58.0 Å². The molecular formula is C18H19N3O3. The predicted octanol–water partition coefficient (Wildman–Crippen LogP) is 2.34. The fourth-order valence-corrected chi connectivity index (χ4v) is 3.78. The quantitative estimate of drug-likeness (QED) is 0.887. The van der Waals surface area contributed by atoms with E-state index in [9.17, 15) is 9.59 Å². The number of carbonyl (C=O) groups is 1. The van der Waals surface area contributed by atoms with Crippen molar-refractivity contribution in [2.24, 2.45) is 0 Å². The molecule has 1 fully saturated rings. The molecule has 124 valence electrons. The van der Waals surface area contributed by atoms with Crippen LogP contribution in [0.1, 0.15) is 54.2 Å². The first-order valence-electron chi connectivity index (χ1n) is 8.30. The fourth-order valence-electron chi connectivity index (χ4n) is 3.78. The van der Waals surface area contributed by atoms with Gasteiger partial charge in [0.1, 0.15) is 17.0 Å². The molecule has 0 saturated heterocycles. The Hall–Kier alpha value is -2.63. The highest BCUT2D eigenvalue weighted by Crippen LogP contribution is 2.46. The van der Waals surface area contributed by atoms with E-state index in [4.69, 9.17) is 4.74 Å². The summed E-state index contributed by atoms with van der Waals surface area (Å²) < 4.78 is 6.30. The number of carbonyl (C=O) groups excluding carboxylic acids is 1. The summed E-state index contributed by atoms with van der Waals surface area (Å²) in [6.45, 7) is 0.